The number of halogens is 1. The van der Waals surface area contributed by atoms with Gasteiger partial charge >= 0.3 is 0 Å². The van der Waals surface area contributed by atoms with Crippen LogP contribution in [0.5, 0.6) is 0 Å². The molecule has 1 unspecified atom stereocenters. The second-order valence-corrected chi connectivity index (χ2v) is 7.45. The second kappa shape index (κ2) is 9.40. The lowest BCUT2D eigenvalue weighted by Gasteiger charge is -2.15. The molecule has 0 aliphatic carbocycles. The number of aliphatic hydroxyl groups excluding tert-OH is 1. The highest BCUT2D eigenvalue weighted by Gasteiger charge is 2.11. The van der Waals surface area contributed by atoms with Gasteiger partial charge in [-0.2, -0.15) is 0 Å². The third-order valence-corrected chi connectivity index (χ3v) is 3.66. The Labute approximate surface area is 160 Å². The molecule has 144 valence electrons. The van der Waals surface area contributed by atoms with E-state index in [2.05, 4.69) is 17.2 Å². The maximum absolute atomic E-state index is 13.8. The summed E-state index contributed by atoms with van der Waals surface area (Å²) >= 11 is 0. The van der Waals surface area contributed by atoms with Crippen LogP contribution in [0.15, 0.2) is 42.5 Å². The molecule has 5 heteroatoms. The molecule has 0 aliphatic rings. The second-order valence-electron chi connectivity index (χ2n) is 7.45. The summed E-state index contributed by atoms with van der Waals surface area (Å²) in [6.45, 7) is 6.79. The summed E-state index contributed by atoms with van der Waals surface area (Å²) in [4.78, 5) is 0. The van der Waals surface area contributed by atoms with E-state index in [1.54, 1.807) is 0 Å². The van der Waals surface area contributed by atoms with E-state index < -0.39 is 11.9 Å². The van der Waals surface area contributed by atoms with E-state index in [-0.39, 0.29) is 24.3 Å². The molecule has 0 saturated carbocycles. The molecule has 0 saturated heterocycles. The number of aliphatic hydroxyl groups is 1. The average Bonchev–Trinajstić information content (AvgIpc) is 2.61. The van der Waals surface area contributed by atoms with Gasteiger partial charge in [0.2, 0.25) is 0 Å². The SMILES string of the molecule is CC(C)(C)C#Cc1cc(N)c(F)cc1NCC(O)COCc1ccccc1. The van der Waals surface area contributed by atoms with Crippen molar-refractivity contribution in [3.63, 3.8) is 0 Å². The molecule has 4 N–H and O–H groups in total. The van der Waals surface area contributed by atoms with Crippen LogP contribution in [0.25, 0.3) is 0 Å². The van der Waals surface area contributed by atoms with Gasteiger partial charge in [0.05, 0.1) is 30.7 Å². The predicted octanol–water partition coefficient (Wildman–Crippen LogP) is 3.80. The number of hydrogen-bond acceptors (Lipinski definition) is 4. The van der Waals surface area contributed by atoms with Gasteiger partial charge in [-0.25, -0.2) is 4.39 Å². The van der Waals surface area contributed by atoms with Gasteiger partial charge in [0.25, 0.3) is 0 Å². The number of nitrogens with one attached hydrogen (secondary N) is 1. The van der Waals surface area contributed by atoms with Crippen molar-refractivity contribution in [3.05, 3.63) is 59.4 Å². The van der Waals surface area contributed by atoms with Crippen LogP contribution >= 0.6 is 0 Å². The lowest BCUT2D eigenvalue weighted by atomic mass is 9.97. The Kier molecular flexibility index (Phi) is 7.23. The number of rotatable bonds is 7. The van der Waals surface area contributed by atoms with Crippen LogP contribution in [0.4, 0.5) is 15.8 Å². The summed E-state index contributed by atoms with van der Waals surface area (Å²) in [7, 11) is 0. The number of nitrogen functional groups attached to an aromatic ring is 1. The van der Waals surface area contributed by atoms with E-state index in [9.17, 15) is 9.50 Å². The van der Waals surface area contributed by atoms with E-state index in [0.717, 1.165) is 5.56 Å². The van der Waals surface area contributed by atoms with Crippen LogP contribution in [0.3, 0.4) is 0 Å². The number of benzene rings is 2. The zero-order valence-corrected chi connectivity index (χ0v) is 16.1. The van der Waals surface area contributed by atoms with E-state index in [0.29, 0.717) is 17.9 Å². The van der Waals surface area contributed by atoms with Crippen LogP contribution < -0.4 is 11.1 Å². The summed E-state index contributed by atoms with van der Waals surface area (Å²) in [5.41, 5.74) is 7.66. The molecule has 0 heterocycles. The molecule has 0 spiro atoms. The van der Waals surface area contributed by atoms with Crippen LogP contribution in [-0.4, -0.2) is 24.4 Å². The number of ether oxygens (including phenoxy) is 1. The summed E-state index contributed by atoms with van der Waals surface area (Å²) in [6.07, 6.45) is -0.738. The van der Waals surface area contributed by atoms with Crippen molar-refractivity contribution in [3.8, 4) is 11.8 Å². The smallest absolute Gasteiger partial charge is 0.148 e. The highest BCUT2D eigenvalue weighted by molar-refractivity contribution is 5.65. The normalized spacial score (nSPS) is 12.2. The van der Waals surface area contributed by atoms with E-state index in [1.165, 1.54) is 12.1 Å². The van der Waals surface area contributed by atoms with Gasteiger partial charge in [-0.05, 0) is 32.4 Å². The molecule has 0 fully saturated rings. The zero-order valence-electron chi connectivity index (χ0n) is 16.1. The number of nitrogens with two attached hydrogens (primary N) is 1. The molecule has 2 rings (SSSR count). The predicted molar refractivity (Wildman–Crippen MR) is 108 cm³/mol. The van der Waals surface area contributed by atoms with Gasteiger partial charge in [0.1, 0.15) is 5.82 Å². The summed E-state index contributed by atoms with van der Waals surface area (Å²) in [5.74, 6) is 5.63. The van der Waals surface area contributed by atoms with Crippen molar-refractivity contribution in [2.24, 2.45) is 5.41 Å². The van der Waals surface area contributed by atoms with Crippen molar-refractivity contribution in [1.82, 2.24) is 0 Å². The van der Waals surface area contributed by atoms with Gasteiger partial charge < -0.3 is 20.9 Å². The van der Waals surface area contributed by atoms with E-state index >= 15 is 0 Å². The first-order valence-corrected chi connectivity index (χ1v) is 8.90. The first-order chi connectivity index (χ1) is 12.7. The quantitative estimate of drug-likeness (QED) is 0.512. The lowest BCUT2D eigenvalue weighted by Crippen LogP contribution is -2.25. The van der Waals surface area contributed by atoms with Crippen LogP contribution in [0.2, 0.25) is 0 Å². The topological polar surface area (TPSA) is 67.5 Å². The third-order valence-electron chi connectivity index (χ3n) is 3.66. The minimum atomic E-state index is -0.738. The first-order valence-electron chi connectivity index (χ1n) is 8.90. The van der Waals surface area contributed by atoms with Gasteiger partial charge in [-0.1, -0.05) is 42.2 Å². The minimum Gasteiger partial charge on any atom is -0.396 e. The summed E-state index contributed by atoms with van der Waals surface area (Å²) in [5, 5.41) is 13.2. The summed E-state index contributed by atoms with van der Waals surface area (Å²) in [6, 6.07) is 12.5. The van der Waals surface area contributed by atoms with Crippen LogP contribution in [0.1, 0.15) is 31.9 Å². The van der Waals surface area contributed by atoms with Crippen LogP contribution in [0, 0.1) is 23.1 Å². The molecule has 0 aliphatic heterocycles. The third kappa shape index (κ3) is 7.30. The van der Waals surface area contributed by atoms with Crippen molar-refractivity contribution in [1.29, 1.82) is 0 Å². The van der Waals surface area contributed by atoms with E-state index in [1.807, 2.05) is 51.1 Å². The van der Waals surface area contributed by atoms with Crippen molar-refractivity contribution in [2.45, 2.75) is 33.5 Å². The molecular formula is C22H27FN2O2. The monoisotopic (exact) mass is 370 g/mol. The Morgan fingerprint density at radius 2 is 1.93 bits per heavy atom. The first kappa shape index (κ1) is 20.8. The molecule has 27 heavy (non-hydrogen) atoms. The average molecular weight is 370 g/mol. The summed E-state index contributed by atoms with van der Waals surface area (Å²) < 4.78 is 19.4. The maximum atomic E-state index is 13.8. The van der Waals surface area contributed by atoms with Gasteiger partial charge in [-0.3, -0.25) is 0 Å². The molecule has 1 atom stereocenters. The fraction of sp³-hybridized carbons (Fsp3) is 0.364. The van der Waals surface area contributed by atoms with Gasteiger partial charge in [0, 0.05) is 23.6 Å². The highest BCUT2D eigenvalue weighted by Crippen LogP contribution is 2.22. The highest BCUT2D eigenvalue weighted by atomic mass is 19.1. The Balaban J connectivity index is 1.95. The molecule has 2 aromatic carbocycles. The Bertz CT molecular complexity index is 805. The Morgan fingerprint density at radius 1 is 1.22 bits per heavy atom. The van der Waals surface area contributed by atoms with Gasteiger partial charge in [-0.15, -0.1) is 0 Å². The molecular weight excluding hydrogens is 343 g/mol. The molecule has 2 aromatic rings. The van der Waals surface area contributed by atoms with E-state index in [4.69, 9.17) is 10.5 Å². The minimum absolute atomic E-state index is 0.0468. The Morgan fingerprint density at radius 3 is 2.59 bits per heavy atom. The molecule has 0 amide bonds. The van der Waals surface area contributed by atoms with Crippen LogP contribution in [-0.2, 0) is 11.3 Å². The lowest BCUT2D eigenvalue weighted by molar-refractivity contribution is 0.0348. The van der Waals surface area contributed by atoms with Gasteiger partial charge in [0.15, 0.2) is 0 Å². The molecule has 4 nitrogen and oxygen atoms in total. The van der Waals surface area contributed by atoms with Crippen molar-refractivity contribution >= 4 is 11.4 Å². The fourth-order valence-corrected chi connectivity index (χ4v) is 2.27. The molecule has 0 aromatic heterocycles. The zero-order chi connectivity index (χ0) is 19.9. The van der Waals surface area contributed by atoms with Crippen molar-refractivity contribution in [2.75, 3.05) is 24.2 Å². The molecule has 0 bridgehead atoms. The van der Waals surface area contributed by atoms with Crippen molar-refractivity contribution < 1.29 is 14.2 Å². The number of hydrogen-bond donors (Lipinski definition) is 3. The Hall–Kier alpha value is -2.55. The maximum Gasteiger partial charge on any atom is 0.148 e. The largest absolute Gasteiger partial charge is 0.396 e. The number of anilines is 2. The molecule has 0 radical (unpaired) electrons. The fourth-order valence-electron chi connectivity index (χ4n) is 2.27. The standard InChI is InChI=1S/C22H27FN2O2/c1-22(2,3)10-9-17-11-20(24)19(23)12-21(17)25-13-18(26)15-27-14-16-7-5-4-6-8-16/h4-8,11-12,18,25-26H,13-15,24H2,1-3H3.